The molecule has 118 valence electrons. The monoisotopic (exact) mass is 405 g/mol. The maximum absolute atomic E-state index is 13.1. The van der Waals surface area contributed by atoms with Gasteiger partial charge >= 0.3 is 0 Å². The van der Waals surface area contributed by atoms with Crippen molar-refractivity contribution in [3.63, 3.8) is 0 Å². The van der Waals surface area contributed by atoms with E-state index in [0.717, 1.165) is 6.07 Å². The number of aliphatic hydroxyl groups excluding tert-OH is 1. The maximum Gasteiger partial charge on any atom is 0.124 e. The van der Waals surface area contributed by atoms with Crippen molar-refractivity contribution >= 4 is 38.5 Å². The summed E-state index contributed by atoms with van der Waals surface area (Å²) in [6, 6.07) is 8.85. The molecule has 0 radical (unpaired) electrons. The van der Waals surface area contributed by atoms with Gasteiger partial charge in [-0.05, 0) is 29.8 Å². The Morgan fingerprint density at radius 2 is 2.00 bits per heavy atom. The Morgan fingerprint density at radius 1 is 1.32 bits per heavy atom. The largest absolute Gasteiger partial charge is 0.384 e. The van der Waals surface area contributed by atoms with Gasteiger partial charge in [0.15, 0.2) is 0 Å². The minimum absolute atomic E-state index is 0.153. The number of hydrogen-bond donors (Lipinski definition) is 2. The Labute approximate surface area is 144 Å². The lowest BCUT2D eigenvalue weighted by Gasteiger charge is -2.15. The molecule has 2 atom stereocenters. The van der Waals surface area contributed by atoms with Crippen molar-refractivity contribution in [3.05, 3.63) is 62.8 Å². The molecule has 0 saturated heterocycles. The molecular weight excluding hydrogens is 393 g/mol. The number of hydrogen-bond acceptors (Lipinski definition) is 2. The molecule has 2 unspecified atom stereocenters. The SMILES string of the molecule is CCNS(=O)c1ccc(C(O)c2ccc(F)cc2Cl)c(Br)c1. The molecule has 0 fully saturated rings. The van der Waals surface area contributed by atoms with Gasteiger partial charge in [0.2, 0.25) is 0 Å². The van der Waals surface area contributed by atoms with Crippen LogP contribution in [-0.4, -0.2) is 15.9 Å². The van der Waals surface area contributed by atoms with Crippen LogP contribution in [0, 0.1) is 5.82 Å². The van der Waals surface area contributed by atoms with Gasteiger partial charge in [0.1, 0.15) is 22.9 Å². The maximum atomic E-state index is 13.1. The number of nitrogens with one attached hydrogen (secondary N) is 1. The molecule has 0 saturated carbocycles. The first-order valence-corrected chi connectivity index (χ1v) is 8.83. The standard InChI is InChI=1S/C15H14BrClFNO2S/c1-2-19-22(21)10-4-6-11(13(16)8-10)15(20)12-5-3-9(18)7-14(12)17/h3-8,15,19-20H,2H2,1H3. The van der Waals surface area contributed by atoms with Crippen LogP contribution < -0.4 is 4.72 Å². The first-order valence-electron chi connectivity index (χ1n) is 6.51. The summed E-state index contributed by atoms with van der Waals surface area (Å²) >= 11 is 9.34. The highest BCUT2D eigenvalue weighted by molar-refractivity contribution is 9.10. The summed E-state index contributed by atoms with van der Waals surface area (Å²) in [6.07, 6.45) is -1.01. The molecule has 0 aliphatic carbocycles. The smallest absolute Gasteiger partial charge is 0.124 e. The van der Waals surface area contributed by atoms with Crippen LogP contribution in [0.2, 0.25) is 5.02 Å². The lowest BCUT2D eigenvalue weighted by Crippen LogP contribution is -2.16. The zero-order chi connectivity index (χ0) is 16.3. The van der Waals surface area contributed by atoms with Crippen molar-refractivity contribution in [1.82, 2.24) is 4.72 Å². The molecule has 2 aromatic carbocycles. The van der Waals surface area contributed by atoms with Crippen molar-refractivity contribution in [2.24, 2.45) is 0 Å². The van der Waals surface area contributed by atoms with Gasteiger partial charge in [-0.3, -0.25) is 0 Å². The fraction of sp³-hybridized carbons (Fsp3) is 0.200. The summed E-state index contributed by atoms with van der Waals surface area (Å²) < 4.78 is 28.4. The van der Waals surface area contributed by atoms with Gasteiger partial charge in [-0.1, -0.05) is 46.6 Å². The Kier molecular flexibility index (Phi) is 6.11. The average Bonchev–Trinajstić information content (AvgIpc) is 2.46. The van der Waals surface area contributed by atoms with Crippen molar-refractivity contribution in [3.8, 4) is 0 Å². The summed E-state index contributed by atoms with van der Waals surface area (Å²) in [6.45, 7) is 2.45. The topological polar surface area (TPSA) is 49.3 Å². The third kappa shape index (κ3) is 3.94. The molecule has 0 bridgehead atoms. The van der Waals surface area contributed by atoms with E-state index in [9.17, 15) is 13.7 Å². The number of benzene rings is 2. The molecule has 7 heteroatoms. The average molecular weight is 407 g/mol. The Morgan fingerprint density at radius 3 is 2.59 bits per heavy atom. The van der Waals surface area contributed by atoms with Crippen LogP contribution in [0.3, 0.4) is 0 Å². The zero-order valence-electron chi connectivity index (χ0n) is 11.6. The number of halogens is 3. The van der Waals surface area contributed by atoms with Crippen LogP contribution in [0.25, 0.3) is 0 Å². The molecule has 0 heterocycles. The molecule has 3 nitrogen and oxygen atoms in total. The van der Waals surface area contributed by atoms with E-state index in [1.54, 1.807) is 18.2 Å². The highest BCUT2D eigenvalue weighted by Crippen LogP contribution is 2.33. The van der Waals surface area contributed by atoms with E-state index in [0.29, 0.717) is 27.0 Å². The molecule has 2 rings (SSSR count). The first kappa shape index (κ1) is 17.6. The van der Waals surface area contributed by atoms with Gasteiger partial charge in [0, 0.05) is 21.6 Å². The third-order valence-corrected chi connectivity index (χ3v) is 5.26. The number of aliphatic hydroxyl groups is 1. The highest BCUT2D eigenvalue weighted by Gasteiger charge is 2.18. The molecule has 0 aliphatic heterocycles. The molecule has 0 aromatic heterocycles. The van der Waals surface area contributed by atoms with Gasteiger partial charge < -0.3 is 5.11 Å². The summed E-state index contributed by atoms with van der Waals surface area (Å²) in [5.41, 5.74) is 0.968. The predicted molar refractivity (Wildman–Crippen MR) is 89.7 cm³/mol. The molecule has 22 heavy (non-hydrogen) atoms. The van der Waals surface area contributed by atoms with Crippen molar-refractivity contribution in [2.75, 3.05) is 6.54 Å². The van der Waals surface area contributed by atoms with Crippen LogP contribution in [0.5, 0.6) is 0 Å². The molecular formula is C15H14BrClFNO2S. The van der Waals surface area contributed by atoms with Crippen LogP contribution in [0.15, 0.2) is 45.8 Å². The van der Waals surface area contributed by atoms with Crippen molar-refractivity contribution in [2.45, 2.75) is 17.9 Å². The van der Waals surface area contributed by atoms with Crippen LogP contribution in [0.4, 0.5) is 4.39 Å². The van der Waals surface area contributed by atoms with Gasteiger partial charge in [-0.25, -0.2) is 13.3 Å². The second kappa shape index (κ2) is 7.66. The fourth-order valence-electron chi connectivity index (χ4n) is 1.95. The molecule has 0 amide bonds. The van der Waals surface area contributed by atoms with Crippen LogP contribution in [0.1, 0.15) is 24.2 Å². The van der Waals surface area contributed by atoms with Crippen molar-refractivity contribution < 1.29 is 13.7 Å². The van der Waals surface area contributed by atoms with Crippen LogP contribution >= 0.6 is 27.5 Å². The minimum Gasteiger partial charge on any atom is -0.384 e. The second-order valence-electron chi connectivity index (χ2n) is 4.52. The highest BCUT2D eigenvalue weighted by atomic mass is 79.9. The normalized spacial score (nSPS) is 13.9. The Hall–Kier alpha value is -0.790. The van der Waals surface area contributed by atoms with E-state index >= 15 is 0 Å². The van der Waals surface area contributed by atoms with E-state index in [-0.39, 0.29) is 5.02 Å². The van der Waals surface area contributed by atoms with E-state index in [1.165, 1.54) is 12.1 Å². The van der Waals surface area contributed by atoms with Gasteiger partial charge in [0.05, 0.1) is 4.90 Å². The van der Waals surface area contributed by atoms with E-state index in [2.05, 4.69) is 20.7 Å². The predicted octanol–water partition coefficient (Wildman–Crippen LogP) is 3.96. The Bertz CT molecular complexity index is 714. The number of rotatable bonds is 5. The fourth-order valence-corrected chi connectivity index (χ4v) is 3.81. The van der Waals surface area contributed by atoms with Gasteiger partial charge in [-0.2, -0.15) is 0 Å². The lowest BCUT2D eigenvalue weighted by atomic mass is 10.0. The summed E-state index contributed by atoms with van der Waals surface area (Å²) in [7, 11) is -1.30. The second-order valence-corrected chi connectivity index (χ2v) is 7.08. The molecule has 0 aliphatic rings. The first-order chi connectivity index (χ1) is 10.4. The summed E-state index contributed by atoms with van der Waals surface area (Å²) in [5, 5.41) is 10.6. The minimum atomic E-state index is -1.30. The molecule has 0 spiro atoms. The van der Waals surface area contributed by atoms with E-state index in [4.69, 9.17) is 11.6 Å². The quantitative estimate of drug-likeness (QED) is 0.790. The van der Waals surface area contributed by atoms with E-state index in [1.807, 2.05) is 6.92 Å². The molecule has 2 aromatic rings. The molecule has 2 N–H and O–H groups in total. The van der Waals surface area contributed by atoms with E-state index < -0.39 is 22.9 Å². The zero-order valence-corrected chi connectivity index (χ0v) is 14.8. The van der Waals surface area contributed by atoms with Gasteiger partial charge in [0.25, 0.3) is 0 Å². The Balaban J connectivity index is 2.34. The van der Waals surface area contributed by atoms with Gasteiger partial charge in [-0.15, -0.1) is 0 Å². The summed E-state index contributed by atoms with van der Waals surface area (Å²) in [4.78, 5) is 0.592. The third-order valence-electron chi connectivity index (χ3n) is 3.01. The van der Waals surface area contributed by atoms with Crippen molar-refractivity contribution in [1.29, 1.82) is 0 Å². The lowest BCUT2D eigenvalue weighted by molar-refractivity contribution is 0.219. The van der Waals surface area contributed by atoms with Crippen LogP contribution in [-0.2, 0) is 11.0 Å². The summed E-state index contributed by atoms with van der Waals surface area (Å²) in [5.74, 6) is -0.462.